The van der Waals surface area contributed by atoms with Gasteiger partial charge >= 0.3 is 6.03 Å². The topological polar surface area (TPSA) is 41.6 Å². The Morgan fingerprint density at radius 1 is 1.09 bits per heavy atom. The molecule has 0 aromatic heterocycles. The lowest BCUT2D eigenvalue weighted by atomic mass is 9.94. The summed E-state index contributed by atoms with van der Waals surface area (Å²) in [7, 11) is 1.44. The molecule has 0 aliphatic heterocycles. The first kappa shape index (κ1) is 17.6. The highest BCUT2D eigenvalue weighted by molar-refractivity contribution is 6.42. The zero-order valence-electron chi connectivity index (χ0n) is 13.1. The van der Waals surface area contributed by atoms with Gasteiger partial charge in [0.2, 0.25) is 0 Å². The number of nitrogens with one attached hydrogen (secondary N) is 1. The molecule has 0 radical (unpaired) electrons. The van der Waals surface area contributed by atoms with Crippen LogP contribution in [0.15, 0.2) is 48.5 Å². The van der Waals surface area contributed by atoms with Gasteiger partial charge in [0.05, 0.1) is 28.4 Å². The number of para-hydroxylation sites is 1. The SMILES string of the molecule is CON(C(=O)NC(C)(C)c1ccc(Cl)c(Cl)c1)c1ccccc1. The first-order valence-electron chi connectivity index (χ1n) is 7.02. The van der Waals surface area contributed by atoms with E-state index < -0.39 is 5.54 Å². The molecule has 2 aromatic carbocycles. The van der Waals surface area contributed by atoms with Crippen LogP contribution in [0, 0.1) is 0 Å². The van der Waals surface area contributed by atoms with Crippen LogP contribution < -0.4 is 10.4 Å². The van der Waals surface area contributed by atoms with E-state index in [1.165, 1.54) is 12.2 Å². The summed E-state index contributed by atoms with van der Waals surface area (Å²) in [6.45, 7) is 3.76. The summed E-state index contributed by atoms with van der Waals surface area (Å²) in [6, 6.07) is 14.0. The molecule has 0 aliphatic rings. The third kappa shape index (κ3) is 4.16. The van der Waals surface area contributed by atoms with Crippen LogP contribution in [0.25, 0.3) is 0 Å². The summed E-state index contributed by atoms with van der Waals surface area (Å²) in [5.74, 6) is 0. The number of amides is 2. The molecule has 0 heterocycles. The van der Waals surface area contributed by atoms with Crippen LogP contribution in [-0.2, 0) is 10.4 Å². The van der Waals surface area contributed by atoms with Gasteiger partial charge in [-0.1, -0.05) is 47.5 Å². The number of anilines is 1. The number of benzene rings is 2. The Hall–Kier alpha value is -1.75. The van der Waals surface area contributed by atoms with Crippen LogP contribution in [-0.4, -0.2) is 13.1 Å². The Morgan fingerprint density at radius 2 is 1.74 bits per heavy atom. The highest BCUT2D eigenvalue weighted by Crippen LogP contribution is 2.29. The third-order valence-electron chi connectivity index (χ3n) is 3.42. The monoisotopic (exact) mass is 352 g/mol. The second-order valence-corrected chi connectivity index (χ2v) is 6.31. The van der Waals surface area contributed by atoms with Crippen molar-refractivity contribution in [1.82, 2.24) is 5.32 Å². The number of hydroxylamine groups is 1. The fourth-order valence-corrected chi connectivity index (χ4v) is 2.44. The average Bonchev–Trinajstić information content (AvgIpc) is 2.51. The van der Waals surface area contributed by atoms with E-state index in [4.69, 9.17) is 28.0 Å². The zero-order valence-corrected chi connectivity index (χ0v) is 14.7. The van der Waals surface area contributed by atoms with Crippen molar-refractivity contribution in [3.63, 3.8) is 0 Å². The van der Waals surface area contributed by atoms with Gasteiger partial charge in [-0.2, -0.15) is 5.06 Å². The molecule has 2 rings (SSSR count). The molecule has 0 saturated heterocycles. The Kier molecular flexibility index (Phi) is 5.52. The normalized spacial score (nSPS) is 11.2. The molecule has 1 N–H and O–H groups in total. The van der Waals surface area contributed by atoms with Crippen LogP contribution >= 0.6 is 23.2 Å². The average molecular weight is 353 g/mol. The molecule has 4 nitrogen and oxygen atoms in total. The summed E-state index contributed by atoms with van der Waals surface area (Å²) in [6.07, 6.45) is 0. The molecule has 0 aliphatic carbocycles. The minimum Gasteiger partial charge on any atom is -0.327 e. The van der Waals surface area contributed by atoms with Crippen molar-refractivity contribution in [2.75, 3.05) is 12.2 Å². The molecule has 0 atom stereocenters. The predicted octanol–water partition coefficient (Wildman–Crippen LogP) is 5.01. The van der Waals surface area contributed by atoms with Crippen molar-refractivity contribution >= 4 is 34.9 Å². The van der Waals surface area contributed by atoms with Crippen LogP contribution in [0.2, 0.25) is 10.0 Å². The van der Waals surface area contributed by atoms with Gasteiger partial charge in [0.15, 0.2) is 0 Å². The number of rotatable bonds is 4. The summed E-state index contributed by atoms with van der Waals surface area (Å²) in [4.78, 5) is 17.7. The molecule has 2 amide bonds. The van der Waals surface area contributed by atoms with Crippen LogP contribution in [0.1, 0.15) is 19.4 Å². The largest absolute Gasteiger partial charge is 0.346 e. The number of carbonyl (C=O) groups is 1. The number of carbonyl (C=O) groups excluding carboxylic acids is 1. The Bertz CT molecular complexity index is 690. The lowest BCUT2D eigenvalue weighted by Crippen LogP contribution is -2.48. The minimum absolute atomic E-state index is 0.380. The molecule has 2 aromatic rings. The van der Waals surface area contributed by atoms with E-state index in [1.807, 2.05) is 38.1 Å². The van der Waals surface area contributed by atoms with Crippen molar-refractivity contribution < 1.29 is 9.63 Å². The second-order valence-electron chi connectivity index (χ2n) is 5.50. The first-order valence-corrected chi connectivity index (χ1v) is 7.77. The number of urea groups is 1. The quantitative estimate of drug-likeness (QED) is 0.786. The van der Waals surface area contributed by atoms with Gasteiger partial charge in [-0.25, -0.2) is 4.79 Å². The van der Waals surface area contributed by atoms with Gasteiger partial charge in [0, 0.05) is 0 Å². The van der Waals surface area contributed by atoms with E-state index in [2.05, 4.69) is 5.32 Å². The molecule has 0 bridgehead atoms. The number of hydrogen-bond acceptors (Lipinski definition) is 2. The van der Waals surface area contributed by atoms with E-state index in [9.17, 15) is 4.79 Å². The smallest absolute Gasteiger partial charge is 0.327 e. The van der Waals surface area contributed by atoms with E-state index in [-0.39, 0.29) is 6.03 Å². The van der Waals surface area contributed by atoms with Crippen LogP contribution in [0.3, 0.4) is 0 Å². The first-order chi connectivity index (χ1) is 10.8. The van der Waals surface area contributed by atoms with Crippen LogP contribution in [0.5, 0.6) is 0 Å². The lowest BCUT2D eigenvalue weighted by Gasteiger charge is -2.30. The Balaban J connectivity index is 2.21. The standard InChI is InChI=1S/C17H18Cl2N2O2/c1-17(2,12-9-10-14(18)15(19)11-12)20-16(22)21(23-3)13-7-5-4-6-8-13/h4-11H,1-3H3,(H,20,22). The fraction of sp³-hybridized carbons (Fsp3) is 0.235. The summed E-state index contributed by atoms with van der Waals surface area (Å²) in [5, 5.41) is 5.04. The zero-order chi connectivity index (χ0) is 17.0. The van der Waals surface area contributed by atoms with Crippen molar-refractivity contribution in [3.05, 3.63) is 64.1 Å². The number of nitrogens with zero attached hydrogens (tertiary/aromatic N) is 1. The van der Waals surface area contributed by atoms with Crippen molar-refractivity contribution in [3.8, 4) is 0 Å². The second kappa shape index (κ2) is 7.21. The maximum Gasteiger partial charge on any atom is 0.346 e. The molecular weight excluding hydrogens is 335 g/mol. The number of hydrogen-bond donors (Lipinski definition) is 1. The molecule has 0 fully saturated rings. The predicted molar refractivity (Wildman–Crippen MR) is 93.9 cm³/mol. The summed E-state index contributed by atoms with van der Waals surface area (Å²) in [5.41, 5.74) is 0.818. The molecule has 6 heteroatoms. The van der Waals surface area contributed by atoms with E-state index in [0.717, 1.165) is 5.56 Å². The maximum atomic E-state index is 12.5. The molecule has 0 unspecified atom stereocenters. The van der Waals surface area contributed by atoms with Gasteiger partial charge in [0.1, 0.15) is 0 Å². The van der Waals surface area contributed by atoms with E-state index >= 15 is 0 Å². The molecule has 0 spiro atoms. The highest BCUT2D eigenvalue weighted by Gasteiger charge is 2.27. The van der Waals surface area contributed by atoms with E-state index in [1.54, 1.807) is 24.3 Å². The Labute approximate surface area is 145 Å². The van der Waals surface area contributed by atoms with Crippen molar-refractivity contribution in [2.24, 2.45) is 0 Å². The molecule has 122 valence electrons. The van der Waals surface area contributed by atoms with Crippen molar-refractivity contribution in [2.45, 2.75) is 19.4 Å². The fourth-order valence-electron chi connectivity index (χ4n) is 2.14. The number of halogens is 2. The van der Waals surface area contributed by atoms with Crippen molar-refractivity contribution in [1.29, 1.82) is 0 Å². The van der Waals surface area contributed by atoms with Gasteiger partial charge in [0.25, 0.3) is 0 Å². The van der Waals surface area contributed by atoms with Gasteiger partial charge in [-0.15, -0.1) is 0 Å². The lowest BCUT2D eigenvalue weighted by molar-refractivity contribution is 0.157. The Morgan fingerprint density at radius 3 is 2.30 bits per heavy atom. The van der Waals surface area contributed by atoms with Gasteiger partial charge in [-0.3, -0.25) is 4.84 Å². The summed E-state index contributed by atoms with van der Waals surface area (Å²) >= 11 is 12.0. The molecule has 23 heavy (non-hydrogen) atoms. The highest BCUT2D eigenvalue weighted by atomic mass is 35.5. The molecular formula is C17H18Cl2N2O2. The van der Waals surface area contributed by atoms with Gasteiger partial charge in [-0.05, 0) is 43.7 Å². The third-order valence-corrected chi connectivity index (χ3v) is 4.16. The molecule has 0 saturated carbocycles. The van der Waals surface area contributed by atoms with Crippen LogP contribution in [0.4, 0.5) is 10.5 Å². The summed E-state index contributed by atoms with van der Waals surface area (Å²) < 4.78 is 0. The maximum absolute atomic E-state index is 12.5. The van der Waals surface area contributed by atoms with Gasteiger partial charge < -0.3 is 5.32 Å². The van der Waals surface area contributed by atoms with E-state index in [0.29, 0.717) is 15.7 Å². The minimum atomic E-state index is -0.656.